The van der Waals surface area contributed by atoms with Gasteiger partial charge in [0.25, 0.3) is 5.92 Å². The second kappa shape index (κ2) is 7.81. The van der Waals surface area contributed by atoms with Gasteiger partial charge in [-0.1, -0.05) is 12.1 Å². The summed E-state index contributed by atoms with van der Waals surface area (Å²) in [4.78, 5) is 16.5. The molecule has 1 fully saturated rings. The van der Waals surface area contributed by atoms with E-state index >= 15 is 8.78 Å². The van der Waals surface area contributed by atoms with Gasteiger partial charge >= 0.3 is 6.09 Å². The molecule has 8 nitrogen and oxygen atoms in total. The molecule has 11 heteroatoms. The Labute approximate surface area is 169 Å². The molecule has 1 unspecified atom stereocenters. The molecule has 1 aromatic carbocycles. The zero-order valence-corrected chi connectivity index (χ0v) is 15.8. The van der Waals surface area contributed by atoms with Crippen molar-refractivity contribution in [3.63, 3.8) is 0 Å². The van der Waals surface area contributed by atoms with Gasteiger partial charge in [0.1, 0.15) is 18.2 Å². The van der Waals surface area contributed by atoms with Crippen molar-refractivity contribution in [1.82, 2.24) is 24.5 Å². The van der Waals surface area contributed by atoms with Crippen LogP contribution in [0.4, 0.5) is 23.8 Å². The molecular weight excluding hydrogens is 401 g/mol. The maximum atomic E-state index is 15.4. The van der Waals surface area contributed by atoms with Crippen LogP contribution in [0.1, 0.15) is 12.0 Å². The molecule has 2 N–H and O–H groups in total. The number of piperidine rings is 1. The van der Waals surface area contributed by atoms with Gasteiger partial charge in [-0.05, 0) is 30.5 Å². The number of amides is 1. The summed E-state index contributed by atoms with van der Waals surface area (Å²) in [6, 6.07) is 3.57. The number of carboxylic acid groups (broad SMARTS) is 1. The number of carbonyl (C=O) groups is 1. The fraction of sp³-hybridized carbons (Fsp3) is 0.368. The summed E-state index contributed by atoms with van der Waals surface area (Å²) in [5.74, 6) is -4.59. The normalized spacial score (nSPS) is 21.0. The van der Waals surface area contributed by atoms with E-state index in [4.69, 9.17) is 0 Å². The van der Waals surface area contributed by atoms with Crippen LogP contribution in [0.5, 0.6) is 0 Å². The fourth-order valence-corrected chi connectivity index (χ4v) is 3.78. The molecule has 3 heterocycles. The first-order chi connectivity index (χ1) is 14.4. The van der Waals surface area contributed by atoms with Gasteiger partial charge in [0, 0.05) is 31.4 Å². The first kappa shape index (κ1) is 19.9. The lowest BCUT2D eigenvalue weighted by atomic mass is 9.83. The second-order valence-electron chi connectivity index (χ2n) is 7.20. The molecule has 158 valence electrons. The van der Waals surface area contributed by atoms with Crippen molar-refractivity contribution in [2.45, 2.75) is 24.8 Å². The van der Waals surface area contributed by atoms with Crippen LogP contribution in [-0.2, 0) is 6.42 Å². The van der Waals surface area contributed by atoms with E-state index in [2.05, 4.69) is 20.5 Å². The van der Waals surface area contributed by atoms with E-state index in [1.807, 2.05) is 0 Å². The molecule has 0 bridgehead atoms. The van der Waals surface area contributed by atoms with Gasteiger partial charge in [0.2, 0.25) is 5.65 Å². The Kier molecular flexibility index (Phi) is 5.18. The Balaban J connectivity index is 1.54. The van der Waals surface area contributed by atoms with E-state index in [-0.39, 0.29) is 25.9 Å². The van der Waals surface area contributed by atoms with Crippen LogP contribution in [0.2, 0.25) is 0 Å². The third-order valence-corrected chi connectivity index (χ3v) is 5.40. The van der Waals surface area contributed by atoms with Crippen LogP contribution in [0.3, 0.4) is 0 Å². The van der Waals surface area contributed by atoms with Crippen LogP contribution in [0.15, 0.2) is 43.0 Å². The number of halogens is 3. The van der Waals surface area contributed by atoms with Crippen molar-refractivity contribution >= 4 is 17.6 Å². The lowest BCUT2D eigenvalue weighted by molar-refractivity contribution is -0.140. The lowest BCUT2D eigenvalue weighted by Crippen LogP contribution is -2.60. The smallest absolute Gasteiger partial charge is 0.407 e. The molecule has 2 aromatic heterocycles. The summed E-state index contributed by atoms with van der Waals surface area (Å²) >= 11 is 0. The number of nitrogens with zero attached hydrogens (tertiary/aromatic N) is 5. The van der Waals surface area contributed by atoms with E-state index in [1.165, 1.54) is 36.8 Å². The molecule has 1 aliphatic heterocycles. The largest absolute Gasteiger partial charge is 0.465 e. The van der Waals surface area contributed by atoms with Crippen molar-refractivity contribution in [3.05, 3.63) is 54.4 Å². The van der Waals surface area contributed by atoms with Crippen LogP contribution < -0.4 is 5.32 Å². The van der Waals surface area contributed by atoms with Crippen molar-refractivity contribution in [2.75, 3.05) is 18.4 Å². The molecule has 1 saturated heterocycles. The van der Waals surface area contributed by atoms with Gasteiger partial charge in [-0.2, -0.15) is 0 Å². The average Bonchev–Trinajstić information content (AvgIpc) is 3.19. The summed E-state index contributed by atoms with van der Waals surface area (Å²) in [7, 11) is 0. The van der Waals surface area contributed by atoms with Crippen molar-refractivity contribution in [3.8, 4) is 0 Å². The number of anilines is 1. The minimum absolute atomic E-state index is 0.0119. The van der Waals surface area contributed by atoms with E-state index in [0.717, 1.165) is 4.90 Å². The number of fused-ring (bicyclic) bond motifs is 1. The number of aromatic nitrogens is 4. The number of alkyl halides is 2. The van der Waals surface area contributed by atoms with Crippen molar-refractivity contribution in [1.29, 1.82) is 0 Å². The summed E-state index contributed by atoms with van der Waals surface area (Å²) in [5, 5.41) is 20.0. The monoisotopic (exact) mass is 420 g/mol. The van der Waals surface area contributed by atoms with E-state index in [0.29, 0.717) is 17.0 Å². The maximum Gasteiger partial charge on any atom is 0.407 e. The van der Waals surface area contributed by atoms with Gasteiger partial charge in [-0.3, -0.25) is 9.30 Å². The van der Waals surface area contributed by atoms with Crippen molar-refractivity contribution < 1.29 is 23.1 Å². The highest BCUT2D eigenvalue weighted by Gasteiger charge is 2.53. The highest BCUT2D eigenvalue weighted by Crippen LogP contribution is 2.40. The first-order valence-electron chi connectivity index (χ1n) is 9.36. The third kappa shape index (κ3) is 3.74. The number of benzene rings is 1. The number of likely N-dealkylation sites (tertiary alicyclic amines) is 1. The Morgan fingerprint density at radius 1 is 1.30 bits per heavy atom. The molecule has 3 aromatic rings. The van der Waals surface area contributed by atoms with Gasteiger partial charge < -0.3 is 10.4 Å². The predicted octanol–water partition coefficient (Wildman–Crippen LogP) is 2.92. The van der Waals surface area contributed by atoms with Gasteiger partial charge in [0.15, 0.2) is 5.82 Å². The SMILES string of the molecule is O=C(O)N1CCC(CNc2nccn3cnnc23)C(F)(F)[C@H]1Cc1ccc(F)cc1. The van der Waals surface area contributed by atoms with E-state index < -0.39 is 29.8 Å². The Morgan fingerprint density at radius 3 is 2.80 bits per heavy atom. The standard InChI is InChI=1S/C19H19F3N6O2/c20-14-3-1-12(2-4-14)9-15-19(21,22)13(5-7-28(15)18(29)30)10-24-16-17-26-25-11-27(17)8-6-23-16/h1-4,6,8,11,13,15H,5,7,9-10H2,(H,23,24)(H,29,30)/t13?,15-/m1/s1. The minimum atomic E-state index is -3.31. The Bertz CT molecular complexity index is 1040. The molecule has 4 rings (SSSR count). The third-order valence-electron chi connectivity index (χ3n) is 5.40. The quantitative estimate of drug-likeness (QED) is 0.659. The molecule has 2 atom stereocenters. The molecule has 0 aliphatic carbocycles. The second-order valence-corrected chi connectivity index (χ2v) is 7.20. The number of nitrogens with one attached hydrogen (secondary N) is 1. The van der Waals surface area contributed by atoms with Crippen LogP contribution in [-0.4, -0.2) is 60.7 Å². The zero-order chi connectivity index (χ0) is 21.3. The highest BCUT2D eigenvalue weighted by atomic mass is 19.3. The van der Waals surface area contributed by atoms with E-state index in [1.54, 1.807) is 10.6 Å². The summed E-state index contributed by atoms with van der Waals surface area (Å²) in [6.07, 6.45) is 2.99. The van der Waals surface area contributed by atoms with Crippen LogP contribution in [0, 0.1) is 11.7 Å². The molecule has 0 spiro atoms. The molecular formula is C19H19F3N6O2. The first-order valence-corrected chi connectivity index (χ1v) is 9.36. The minimum Gasteiger partial charge on any atom is -0.465 e. The molecule has 30 heavy (non-hydrogen) atoms. The summed E-state index contributed by atoms with van der Waals surface area (Å²) in [6.45, 7) is -0.133. The highest BCUT2D eigenvalue weighted by molar-refractivity contribution is 5.66. The molecule has 0 saturated carbocycles. The topological polar surface area (TPSA) is 95.7 Å². The Hall–Kier alpha value is -3.37. The number of hydrogen-bond donors (Lipinski definition) is 2. The van der Waals surface area contributed by atoms with Gasteiger partial charge in [0.05, 0.1) is 0 Å². The summed E-state index contributed by atoms with van der Waals surface area (Å²) < 4.78 is 45.5. The molecule has 0 radical (unpaired) electrons. The molecule has 1 aliphatic rings. The number of hydrogen-bond acceptors (Lipinski definition) is 5. The molecule has 1 amide bonds. The van der Waals surface area contributed by atoms with Crippen LogP contribution >= 0.6 is 0 Å². The van der Waals surface area contributed by atoms with E-state index in [9.17, 15) is 14.3 Å². The van der Waals surface area contributed by atoms with Gasteiger partial charge in [-0.15, -0.1) is 10.2 Å². The predicted molar refractivity (Wildman–Crippen MR) is 101 cm³/mol. The lowest BCUT2D eigenvalue weighted by Gasteiger charge is -2.44. The average molecular weight is 420 g/mol. The maximum absolute atomic E-state index is 15.4. The van der Waals surface area contributed by atoms with Gasteiger partial charge in [-0.25, -0.2) is 22.9 Å². The number of rotatable bonds is 5. The Morgan fingerprint density at radius 2 is 2.07 bits per heavy atom. The van der Waals surface area contributed by atoms with Crippen LogP contribution in [0.25, 0.3) is 5.65 Å². The fourth-order valence-electron chi connectivity index (χ4n) is 3.78. The van der Waals surface area contributed by atoms with Crippen molar-refractivity contribution in [2.24, 2.45) is 5.92 Å². The zero-order valence-electron chi connectivity index (χ0n) is 15.8. The summed E-state index contributed by atoms with van der Waals surface area (Å²) in [5.41, 5.74) is 0.850.